The number of nitro groups is 1. The minimum absolute atomic E-state index is 0.152. The van der Waals surface area contributed by atoms with Gasteiger partial charge in [-0.25, -0.2) is 0 Å². The molecule has 1 aromatic rings. The summed E-state index contributed by atoms with van der Waals surface area (Å²) in [7, 11) is 0. The van der Waals surface area contributed by atoms with Crippen molar-refractivity contribution in [2.24, 2.45) is 0 Å². The van der Waals surface area contributed by atoms with Crippen LogP contribution in [0.25, 0.3) is 0 Å². The number of nitro benzene ring substituents is 1. The van der Waals surface area contributed by atoms with Crippen molar-refractivity contribution in [3.63, 3.8) is 0 Å². The molecule has 0 amide bonds. The highest BCUT2D eigenvalue weighted by molar-refractivity contribution is 5.32. The second-order valence-corrected chi connectivity index (χ2v) is 5.36. The molecule has 5 nitrogen and oxygen atoms in total. The molecule has 0 radical (unpaired) electrons. The lowest BCUT2D eigenvalue weighted by molar-refractivity contribution is -0.384. The van der Waals surface area contributed by atoms with Gasteiger partial charge in [0.05, 0.1) is 4.92 Å². The Balaban J connectivity index is 1.55. The van der Waals surface area contributed by atoms with Crippen LogP contribution >= 0.6 is 0 Å². The van der Waals surface area contributed by atoms with Crippen LogP contribution in [0.5, 0.6) is 0 Å². The number of hydrogen-bond donors (Lipinski definition) is 1. The van der Waals surface area contributed by atoms with E-state index >= 15 is 0 Å². The third kappa shape index (κ3) is 4.90. The Morgan fingerprint density at radius 1 is 1.15 bits per heavy atom. The van der Waals surface area contributed by atoms with E-state index in [-0.39, 0.29) is 10.6 Å². The van der Waals surface area contributed by atoms with Gasteiger partial charge in [-0.15, -0.1) is 0 Å². The molecule has 2 rings (SSSR count). The smallest absolute Gasteiger partial charge is 0.269 e. The second-order valence-electron chi connectivity index (χ2n) is 5.36. The topological polar surface area (TPSA) is 58.4 Å². The van der Waals surface area contributed by atoms with Gasteiger partial charge in [-0.1, -0.05) is 12.1 Å². The summed E-state index contributed by atoms with van der Waals surface area (Å²) in [6.07, 6.45) is 5.15. The van der Waals surface area contributed by atoms with Gasteiger partial charge in [0.15, 0.2) is 0 Å². The normalized spacial score (nSPS) is 15.6. The fourth-order valence-corrected chi connectivity index (χ4v) is 2.56. The Labute approximate surface area is 120 Å². The number of hydrogen-bond acceptors (Lipinski definition) is 4. The van der Waals surface area contributed by atoms with Gasteiger partial charge >= 0.3 is 0 Å². The summed E-state index contributed by atoms with van der Waals surface area (Å²) in [6, 6.07) is 6.75. The molecule has 1 heterocycles. The van der Waals surface area contributed by atoms with E-state index in [1.807, 2.05) is 12.1 Å². The van der Waals surface area contributed by atoms with Crippen LogP contribution in [-0.4, -0.2) is 36.0 Å². The zero-order chi connectivity index (χ0) is 14.2. The summed E-state index contributed by atoms with van der Waals surface area (Å²) in [5.41, 5.74) is 1.24. The molecular formula is C15H23N3O2. The van der Waals surface area contributed by atoms with E-state index in [0.717, 1.165) is 18.7 Å². The van der Waals surface area contributed by atoms with E-state index in [2.05, 4.69) is 10.2 Å². The van der Waals surface area contributed by atoms with Crippen molar-refractivity contribution in [1.82, 2.24) is 10.2 Å². The molecule has 20 heavy (non-hydrogen) atoms. The third-order valence-electron chi connectivity index (χ3n) is 3.75. The van der Waals surface area contributed by atoms with Crippen molar-refractivity contribution >= 4 is 5.69 Å². The first kappa shape index (κ1) is 14.9. The molecule has 0 unspecified atom stereocenters. The summed E-state index contributed by atoms with van der Waals surface area (Å²) in [6.45, 7) is 5.55. The van der Waals surface area contributed by atoms with Crippen molar-refractivity contribution < 1.29 is 4.92 Å². The molecule has 0 spiro atoms. The van der Waals surface area contributed by atoms with Crippen molar-refractivity contribution in [3.05, 3.63) is 39.9 Å². The average Bonchev–Trinajstić information content (AvgIpc) is 2.96. The van der Waals surface area contributed by atoms with Crippen LogP contribution in [-0.2, 0) is 6.54 Å². The zero-order valence-electron chi connectivity index (χ0n) is 11.9. The van der Waals surface area contributed by atoms with Gasteiger partial charge in [0.2, 0.25) is 0 Å². The Bertz CT molecular complexity index is 414. The largest absolute Gasteiger partial charge is 0.313 e. The lowest BCUT2D eigenvalue weighted by Crippen LogP contribution is -2.22. The second kappa shape index (κ2) is 7.97. The standard InChI is InChI=1S/C15H23N3O2/c19-18(20)15-7-5-14(6-8-15)13-16-9-1-2-10-17-11-3-4-12-17/h5-8,16H,1-4,9-13H2. The number of benzene rings is 1. The van der Waals surface area contributed by atoms with Gasteiger partial charge in [-0.2, -0.15) is 0 Å². The molecule has 0 aliphatic carbocycles. The fraction of sp³-hybridized carbons (Fsp3) is 0.600. The molecule has 1 fully saturated rings. The molecule has 110 valence electrons. The molecule has 1 saturated heterocycles. The zero-order valence-corrected chi connectivity index (χ0v) is 11.9. The molecule has 1 aliphatic rings. The van der Waals surface area contributed by atoms with Gasteiger partial charge in [0, 0.05) is 18.7 Å². The van der Waals surface area contributed by atoms with Crippen molar-refractivity contribution in [2.45, 2.75) is 32.2 Å². The van der Waals surface area contributed by atoms with Crippen LogP contribution in [0.2, 0.25) is 0 Å². The molecule has 0 aromatic heterocycles. The lowest BCUT2D eigenvalue weighted by atomic mass is 10.2. The number of rotatable bonds is 8. The molecule has 0 bridgehead atoms. The molecule has 1 N–H and O–H groups in total. The van der Waals surface area contributed by atoms with Gasteiger partial charge in [-0.05, 0) is 57.4 Å². The Morgan fingerprint density at radius 2 is 1.85 bits per heavy atom. The van der Waals surface area contributed by atoms with Crippen LogP contribution in [0.4, 0.5) is 5.69 Å². The predicted octanol–water partition coefficient (Wildman–Crippen LogP) is 2.56. The van der Waals surface area contributed by atoms with Crippen LogP contribution in [0.1, 0.15) is 31.2 Å². The van der Waals surface area contributed by atoms with Gasteiger partial charge < -0.3 is 10.2 Å². The fourth-order valence-electron chi connectivity index (χ4n) is 2.56. The van der Waals surface area contributed by atoms with Crippen molar-refractivity contribution in [2.75, 3.05) is 26.2 Å². The first-order valence-corrected chi connectivity index (χ1v) is 7.42. The summed E-state index contributed by atoms with van der Waals surface area (Å²) in [5.74, 6) is 0. The van der Waals surface area contributed by atoms with Gasteiger partial charge in [0.25, 0.3) is 5.69 Å². The van der Waals surface area contributed by atoms with E-state index in [1.165, 1.54) is 45.3 Å². The first-order valence-electron chi connectivity index (χ1n) is 7.42. The monoisotopic (exact) mass is 277 g/mol. The number of nitrogens with zero attached hydrogens (tertiary/aromatic N) is 2. The van der Waals surface area contributed by atoms with Crippen LogP contribution in [0.15, 0.2) is 24.3 Å². The van der Waals surface area contributed by atoms with Crippen LogP contribution in [0, 0.1) is 10.1 Å². The highest BCUT2D eigenvalue weighted by Crippen LogP contribution is 2.11. The van der Waals surface area contributed by atoms with E-state index in [9.17, 15) is 10.1 Å². The summed E-state index contributed by atoms with van der Waals surface area (Å²) < 4.78 is 0. The SMILES string of the molecule is O=[N+]([O-])c1ccc(CNCCCCN2CCCC2)cc1. The predicted molar refractivity (Wildman–Crippen MR) is 79.7 cm³/mol. The highest BCUT2D eigenvalue weighted by atomic mass is 16.6. The molecular weight excluding hydrogens is 254 g/mol. The highest BCUT2D eigenvalue weighted by Gasteiger charge is 2.09. The third-order valence-corrected chi connectivity index (χ3v) is 3.75. The van der Waals surface area contributed by atoms with E-state index in [1.54, 1.807) is 12.1 Å². The summed E-state index contributed by atoms with van der Waals surface area (Å²) in [5, 5.41) is 13.9. The molecule has 5 heteroatoms. The number of non-ortho nitro benzene ring substituents is 1. The minimum Gasteiger partial charge on any atom is -0.313 e. The Hall–Kier alpha value is -1.46. The maximum Gasteiger partial charge on any atom is 0.269 e. The molecule has 0 saturated carbocycles. The average molecular weight is 277 g/mol. The van der Waals surface area contributed by atoms with E-state index < -0.39 is 0 Å². The van der Waals surface area contributed by atoms with E-state index in [4.69, 9.17) is 0 Å². The maximum atomic E-state index is 10.5. The lowest BCUT2D eigenvalue weighted by Gasteiger charge is -2.14. The number of unbranched alkanes of at least 4 members (excludes halogenated alkanes) is 1. The summed E-state index contributed by atoms with van der Waals surface area (Å²) in [4.78, 5) is 12.7. The van der Waals surface area contributed by atoms with Crippen molar-refractivity contribution in [3.8, 4) is 0 Å². The quantitative estimate of drug-likeness (QED) is 0.451. The van der Waals surface area contributed by atoms with Gasteiger partial charge in [0.1, 0.15) is 0 Å². The number of likely N-dealkylation sites (tertiary alicyclic amines) is 1. The van der Waals surface area contributed by atoms with E-state index in [0.29, 0.717) is 0 Å². The molecule has 0 atom stereocenters. The van der Waals surface area contributed by atoms with Crippen molar-refractivity contribution in [1.29, 1.82) is 0 Å². The first-order chi connectivity index (χ1) is 9.75. The summed E-state index contributed by atoms with van der Waals surface area (Å²) >= 11 is 0. The van der Waals surface area contributed by atoms with Crippen LogP contribution in [0.3, 0.4) is 0 Å². The Morgan fingerprint density at radius 3 is 2.50 bits per heavy atom. The van der Waals surface area contributed by atoms with Crippen LogP contribution < -0.4 is 5.32 Å². The molecule has 1 aromatic carbocycles. The van der Waals surface area contributed by atoms with Gasteiger partial charge in [-0.3, -0.25) is 10.1 Å². The maximum absolute atomic E-state index is 10.5. The Kier molecular flexibility index (Phi) is 5.95. The number of nitrogens with one attached hydrogen (secondary N) is 1. The molecule has 1 aliphatic heterocycles. The minimum atomic E-state index is -0.366.